The zero-order chi connectivity index (χ0) is 11.7. The van der Waals surface area contributed by atoms with Gasteiger partial charge in [-0.3, -0.25) is 4.79 Å². The van der Waals surface area contributed by atoms with E-state index in [1.807, 2.05) is 11.9 Å². The molecule has 1 saturated heterocycles. The molecule has 0 saturated carbocycles. The van der Waals surface area contributed by atoms with Gasteiger partial charge < -0.3 is 14.8 Å². The van der Waals surface area contributed by atoms with Gasteiger partial charge in [0.05, 0.1) is 5.02 Å². The smallest absolute Gasteiger partial charge is 0.270 e. The molecule has 6 heteroatoms. The Labute approximate surface area is 112 Å². The number of nitrogens with zero attached hydrogens (tertiary/aromatic N) is 2. The molecule has 0 unspecified atom stereocenters. The molecule has 96 valence electrons. The summed E-state index contributed by atoms with van der Waals surface area (Å²) in [4.78, 5) is 14.2. The summed E-state index contributed by atoms with van der Waals surface area (Å²) in [7, 11) is 1.84. The Morgan fingerprint density at radius 1 is 1.59 bits per heavy atom. The van der Waals surface area contributed by atoms with Gasteiger partial charge in [0, 0.05) is 38.9 Å². The molecule has 1 aromatic heterocycles. The molecule has 0 bridgehead atoms. The Hall–Kier alpha value is -0.710. The second-order valence-electron chi connectivity index (χ2n) is 4.21. The highest BCUT2D eigenvalue weighted by Crippen LogP contribution is 2.16. The van der Waals surface area contributed by atoms with Crippen molar-refractivity contribution in [3.8, 4) is 0 Å². The molecule has 0 aromatic carbocycles. The fraction of sp³-hybridized carbons (Fsp3) is 0.545. The number of hydrogen-bond donors (Lipinski definition) is 1. The van der Waals surface area contributed by atoms with E-state index in [-0.39, 0.29) is 24.4 Å². The molecule has 1 atom stereocenters. The largest absolute Gasteiger partial charge is 0.345 e. The topological polar surface area (TPSA) is 37.3 Å². The van der Waals surface area contributed by atoms with E-state index < -0.39 is 0 Å². The van der Waals surface area contributed by atoms with Gasteiger partial charge in [-0.25, -0.2) is 0 Å². The molecule has 2 heterocycles. The number of carbonyl (C=O) groups is 1. The van der Waals surface area contributed by atoms with Gasteiger partial charge in [0.1, 0.15) is 5.69 Å². The molecule has 1 N–H and O–H groups in total. The first-order chi connectivity index (χ1) is 7.59. The maximum Gasteiger partial charge on any atom is 0.270 e. The standard InChI is InChI=1S/C11H16ClN3O.ClH/c1-8-6-13-3-4-15(8)11(16)10-5-9(12)7-14(10)2;/h5,7-8,13H,3-4,6H2,1-2H3;1H/t8-;/m1./s1. The van der Waals surface area contributed by atoms with E-state index in [1.165, 1.54) is 0 Å². The molecule has 1 aliphatic heterocycles. The lowest BCUT2D eigenvalue weighted by molar-refractivity contribution is 0.0646. The maximum atomic E-state index is 12.3. The van der Waals surface area contributed by atoms with Crippen LogP contribution in [0.2, 0.25) is 5.02 Å². The van der Waals surface area contributed by atoms with Gasteiger partial charge in [0.15, 0.2) is 0 Å². The fourth-order valence-electron chi connectivity index (χ4n) is 2.03. The van der Waals surface area contributed by atoms with E-state index in [4.69, 9.17) is 11.6 Å². The first-order valence-electron chi connectivity index (χ1n) is 5.43. The van der Waals surface area contributed by atoms with Gasteiger partial charge in [0.2, 0.25) is 0 Å². The molecule has 17 heavy (non-hydrogen) atoms. The number of amides is 1. The van der Waals surface area contributed by atoms with Crippen LogP contribution in [-0.2, 0) is 7.05 Å². The molecule has 0 radical (unpaired) electrons. The monoisotopic (exact) mass is 277 g/mol. The van der Waals surface area contributed by atoms with Gasteiger partial charge in [-0.1, -0.05) is 11.6 Å². The van der Waals surface area contributed by atoms with Crippen molar-refractivity contribution in [1.29, 1.82) is 0 Å². The minimum Gasteiger partial charge on any atom is -0.345 e. The number of aromatic nitrogens is 1. The Morgan fingerprint density at radius 3 is 2.82 bits per heavy atom. The van der Waals surface area contributed by atoms with Crippen molar-refractivity contribution < 1.29 is 4.79 Å². The van der Waals surface area contributed by atoms with Gasteiger partial charge in [-0.15, -0.1) is 12.4 Å². The van der Waals surface area contributed by atoms with Crippen LogP contribution in [0.4, 0.5) is 0 Å². The quantitative estimate of drug-likeness (QED) is 0.846. The molecule has 1 amide bonds. The summed E-state index contributed by atoms with van der Waals surface area (Å²) in [6.07, 6.45) is 1.75. The first kappa shape index (κ1) is 14.4. The third kappa shape index (κ3) is 2.94. The van der Waals surface area contributed by atoms with Crippen LogP contribution in [0.1, 0.15) is 17.4 Å². The third-order valence-electron chi connectivity index (χ3n) is 2.95. The van der Waals surface area contributed by atoms with Crippen molar-refractivity contribution in [2.75, 3.05) is 19.6 Å². The predicted molar refractivity (Wildman–Crippen MR) is 71.0 cm³/mol. The number of rotatable bonds is 1. The Morgan fingerprint density at radius 2 is 2.29 bits per heavy atom. The predicted octanol–water partition coefficient (Wildman–Crippen LogP) is 1.53. The summed E-state index contributed by atoms with van der Waals surface area (Å²) in [5.74, 6) is 0.0587. The average Bonchev–Trinajstić information content (AvgIpc) is 2.58. The van der Waals surface area contributed by atoms with Crippen molar-refractivity contribution in [3.63, 3.8) is 0 Å². The molecule has 1 fully saturated rings. The van der Waals surface area contributed by atoms with E-state index in [1.54, 1.807) is 16.8 Å². The number of hydrogen-bond acceptors (Lipinski definition) is 2. The third-order valence-corrected chi connectivity index (χ3v) is 3.16. The first-order valence-corrected chi connectivity index (χ1v) is 5.81. The molecule has 1 aromatic rings. The van der Waals surface area contributed by atoms with Crippen LogP contribution in [-0.4, -0.2) is 41.1 Å². The highest BCUT2D eigenvalue weighted by Gasteiger charge is 2.25. The van der Waals surface area contributed by atoms with Gasteiger partial charge in [-0.2, -0.15) is 0 Å². The number of piperazine rings is 1. The van der Waals surface area contributed by atoms with E-state index >= 15 is 0 Å². The summed E-state index contributed by atoms with van der Waals surface area (Å²) in [5.41, 5.74) is 0.652. The fourth-order valence-corrected chi connectivity index (χ4v) is 2.28. The lowest BCUT2D eigenvalue weighted by Crippen LogP contribution is -2.52. The number of nitrogens with one attached hydrogen (secondary N) is 1. The number of carbonyl (C=O) groups excluding carboxylic acids is 1. The lowest BCUT2D eigenvalue weighted by Gasteiger charge is -2.34. The highest BCUT2D eigenvalue weighted by molar-refractivity contribution is 6.31. The zero-order valence-corrected chi connectivity index (χ0v) is 11.5. The van der Waals surface area contributed by atoms with Crippen LogP contribution < -0.4 is 5.32 Å². The Kier molecular flexibility index (Phi) is 4.86. The van der Waals surface area contributed by atoms with Crippen molar-refractivity contribution in [3.05, 3.63) is 23.0 Å². The zero-order valence-electron chi connectivity index (χ0n) is 9.94. The average molecular weight is 278 g/mol. The molecule has 0 spiro atoms. The highest BCUT2D eigenvalue weighted by atomic mass is 35.5. The normalized spacial score (nSPS) is 19.9. The second kappa shape index (κ2) is 5.76. The summed E-state index contributed by atoms with van der Waals surface area (Å²) < 4.78 is 1.78. The SMILES string of the molecule is C[C@@H]1CNCCN1C(=O)c1cc(Cl)cn1C.Cl. The van der Waals surface area contributed by atoms with E-state index in [0.29, 0.717) is 10.7 Å². The van der Waals surface area contributed by atoms with Crippen LogP contribution in [0, 0.1) is 0 Å². The minimum absolute atomic E-state index is 0. The van der Waals surface area contributed by atoms with Crippen LogP contribution >= 0.6 is 24.0 Å². The van der Waals surface area contributed by atoms with Gasteiger partial charge >= 0.3 is 0 Å². The van der Waals surface area contributed by atoms with Crippen LogP contribution in [0.15, 0.2) is 12.3 Å². The van der Waals surface area contributed by atoms with E-state index in [9.17, 15) is 4.79 Å². The van der Waals surface area contributed by atoms with Crippen molar-refractivity contribution in [1.82, 2.24) is 14.8 Å². The van der Waals surface area contributed by atoms with Gasteiger partial charge in [0.25, 0.3) is 5.91 Å². The van der Waals surface area contributed by atoms with Crippen molar-refractivity contribution in [2.45, 2.75) is 13.0 Å². The Balaban J connectivity index is 0.00000144. The van der Waals surface area contributed by atoms with Crippen molar-refractivity contribution in [2.24, 2.45) is 7.05 Å². The van der Waals surface area contributed by atoms with Crippen LogP contribution in [0.5, 0.6) is 0 Å². The summed E-state index contributed by atoms with van der Waals surface area (Å²) in [6.45, 7) is 4.51. The van der Waals surface area contributed by atoms with E-state index in [0.717, 1.165) is 19.6 Å². The molecular weight excluding hydrogens is 261 g/mol. The number of aryl methyl sites for hydroxylation is 1. The minimum atomic E-state index is 0. The lowest BCUT2D eigenvalue weighted by atomic mass is 10.2. The number of halogens is 2. The summed E-state index contributed by atoms with van der Waals surface area (Å²) in [6, 6.07) is 1.95. The van der Waals surface area contributed by atoms with Crippen LogP contribution in [0.3, 0.4) is 0 Å². The molecule has 4 nitrogen and oxygen atoms in total. The van der Waals surface area contributed by atoms with Crippen molar-refractivity contribution >= 4 is 29.9 Å². The second-order valence-corrected chi connectivity index (χ2v) is 4.64. The summed E-state index contributed by atoms with van der Waals surface area (Å²) >= 11 is 5.88. The molecule has 0 aliphatic carbocycles. The van der Waals surface area contributed by atoms with Crippen LogP contribution in [0.25, 0.3) is 0 Å². The molecule has 2 rings (SSSR count). The van der Waals surface area contributed by atoms with Gasteiger partial charge in [-0.05, 0) is 13.0 Å². The molecular formula is C11H17Cl2N3O. The molecule has 1 aliphatic rings. The Bertz CT molecular complexity index is 405. The summed E-state index contributed by atoms with van der Waals surface area (Å²) in [5, 5.41) is 3.87. The van der Waals surface area contributed by atoms with E-state index in [2.05, 4.69) is 12.2 Å². The maximum absolute atomic E-state index is 12.3.